The predicted octanol–water partition coefficient (Wildman–Crippen LogP) is 2.55. The third kappa shape index (κ3) is 3.83. The minimum Gasteiger partial charge on any atom is -0.393 e. The maximum atomic E-state index is 12.4. The zero-order valence-electron chi connectivity index (χ0n) is 12.5. The van der Waals surface area contributed by atoms with Gasteiger partial charge < -0.3 is 10.0 Å². The number of carbonyl (C=O) groups excluding carboxylic acids is 1. The highest BCUT2D eigenvalue weighted by Gasteiger charge is 2.29. The van der Waals surface area contributed by atoms with Gasteiger partial charge in [-0.1, -0.05) is 31.2 Å². The van der Waals surface area contributed by atoms with Crippen molar-refractivity contribution < 1.29 is 9.90 Å². The molecule has 110 valence electrons. The van der Waals surface area contributed by atoms with E-state index < -0.39 is 0 Å². The van der Waals surface area contributed by atoms with Crippen molar-refractivity contribution in [2.45, 2.75) is 58.1 Å². The number of rotatable bonds is 5. The second-order valence-corrected chi connectivity index (χ2v) is 5.81. The van der Waals surface area contributed by atoms with Crippen LogP contribution in [0.4, 0.5) is 0 Å². The molecule has 0 aliphatic carbocycles. The molecule has 1 heterocycles. The lowest BCUT2D eigenvalue weighted by molar-refractivity contribution is -0.131. The van der Waals surface area contributed by atoms with Crippen LogP contribution in [0.15, 0.2) is 24.3 Å². The van der Waals surface area contributed by atoms with Gasteiger partial charge in [0.15, 0.2) is 0 Å². The fourth-order valence-electron chi connectivity index (χ4n) is 2.97. The van der Waals surface area contributed by atoms with Crippen LogP contribution in [-0.4, -0.2) is 34.6 Å². The summed E-state index contributed by atoms with van der Waals surface area (Å²) in [5, 5.41) is 9.52. The molecule has 0 bridgehead atoms. The first-order chi connectivity index (χ1) is 9.60. The Bertz CT molecular complexity index is 439. The van der Waals surface area contributed by atoms with E-state index in [0.29, 0.717) is 12.8 Å². The number of aliphatic hydroxyl groups is 1. The fraction of sp³-hybridized carbons (Fsp3) is 0.588. The van der Waals surface area contributed by atoms with Crippen LogP contribution >= 0.6 is 0 Å². The van der Waals surface area contributed by atoms with Gasteiger partial charge in [-0.3, -0.25) is 4.79 Å². The molecule has 3 nitrogen and oxygen atoms in total. The van der Waals surface area contributed by atoms with Gasteiger partial charge in [-0.05, 0) is 43.7 Å². The number of aliphatic hydroxyl groups excluding tert-OH is 1. The quantitative estimate of drug-likeness (QED) is 0.897. The topological polar surface area (TPSA) is 40.5 Å². The van der Waals surface area contributed by atoms with E-state index in [9.17, 15) is 9.90 Å². The van der Waals surface area contributed by atoms with Crippen molar-refractivity contribution in [1.29, 1.82) is 0 Å². The first kappa shape index (κ1) is 15.0. The number of aryl methyl sites for hydroxylation is 1. The summed E-state index contributed by atoms with van der Waals surface area (Å²) in [7, 11) is 0. The van der Waals surface area contributed by atoms with Gasteiger partial charge in [-0.2, -0.15) is 0 Å². The second-order valence-electron chi connectivity index (χ2n) is 5.81. The van der Waals surface area contributed by atoms with Gasteiger partial charge in [0.2, 0.25) is 5.91 Å². The maximum Gasteiger partial charge on any atom is 0.227 e. The SMILES string of the molecule is CCc1ccc(CC(=O)N2CCCC2CC(C)O)cc1. The molecule has 1 saturated heterocycles. The summed E-state index contributed by atoms with van der Waals surface area (Å²) < 4.78 is 0. The Morgan fingerprint density at radius 3 is 2.60 bits per heavy atom. The Balaban J connectivity index is 1.96. The van der Waals surface area contributed by atoms with Crippen molar-refractivity contribution >= 4 is 5.91 Å². The van der Waals surface area contributed by atoms with E-state index in [1.807, 2.05) is 4.90 Å². The van der Waals surface area contributed by atoms with E-state index in [4.69, 9.17) is 0 Å². The van der Waals surface area contributed by atoms with Gasteiger partial charge in [0.05, 0.1) is 12.5 Å². The molecule has 2 unspecified atom stereocenters. The predicted molar refractivity (Wildman–Crippen MR) is 80.6 cm³/mol. The summed E-state index contributed by atoms with van der Waals surface area (Å²) in [5.41, 5.74) is 2.38. The van der Waals surface area contributed by atoms with E-state index in [1.54, 1.807) is 6.92 Å². The smallest absolute Gasteiger partial charge is 0.227 e. The van der Waals surface area contributed by atoms with E-state index in [0.717, 1.165) is 31.4 Å². The second kappa shape index (κ2) is 6.89. The van der Waals surface area contributed by atoms with Crippen LogP contribution in [-0.2, 0) is 17.6 Å². The lowest BCUT2D eigenvalue weighted by atomic mass is 10.1. The molecular formula is C17H25NO2. The molecule has 3 heteroatoms. The molecule has 1 fully saturated rings. The summed E-state index contributed by atoms with van der Waals surface area (Å²) in [4.78, 5) is 14.4. The standard InChI is InChI=1S/C17H25NO2/c1-3-14-6-8-15(9-7-14)12-17(20)18-10-4-5-16(18)11-13(2)19/h6-9,13,16,19H,3-5,10-12H2,1-2H3. The number of hydrogen-bond acceptors (Lipinski definition) is 2. The lowest BCUT2D eigenvalue weighted by Gasteiger charge is -2.25. The van der Waals surface area contributed by atoms with Crippen molar-refractivity contribution in [3.8, 4) is 0 Å². The molecule has 1 aromatic carbocycles. The van der Waals surface area contributed by atoms with Crippen LogP contribution in [0.25, 0.3) is 0 Å². The number of amides is 1. The average molecular weight is 275 g/mol. The minimum atomic E-state index is -0.336. The highest BCUT2D eigenvalue weighted by molar-refractivity contribution is 5.79. The van der Waals surface area contributed by atoms with Gasteiger partial charge in [0.25, 0.3) is 0 Å². The summed E-state index contributed by atoms with van der Waals surface area (Å²) in [6.45, 7) is 4.76. The number of hydrogen-bond donors (Lipinski definition) is 1. The van der Waals surface area contributed by atoms with Gasteiger partial charge in [-0.25, -0.2) is 0 Å². The molecule has 1 aliphatic heterocycles. The normalized spacial score (nSPS) is 20.1. The average Bonchev–Trinajstić information content (AvgIpc) is 2.87. The first-order valence-corrected chi connectivity index (χ1v) is 7.65. The Morgan fingerprint density at radius 1 is 1.35 bits per heavy atom. The molecule has 0 spiro atoms. The van der Waals surface area contributed by atoms with Gasteiger partial charge >= 0.3 is 0 Å². The van der Waals surface area contributed by atoms with Crippen molar-refractivity contribution in [2.75, 3.05) is 6.54 Å². The maximum absolute atomic E-state index is 12.4. The number of nitrogens with zero attached hydrogens (tertiary/aromatic N) is 1. The Morgan fingerprint density at radius 2 is 2.00 bits per heavy atom. The van der Waals surface area contributed by atoms with Crippen molar-refractivity contribution in [1.82, 2.24) is 4.90 Å². The van der Waals surface area contributed by atoms with Crippen LogP contribution in [0.1, 0.15) is 44.2 Å². The van der Waals surface area contributed by atoms with Crippen LogP contribution < -0.4 is 0 Å². The molecule has 1 aromatic rings. The third-order valence-electron chi connectivity index (χ3n) is 4.10. The van der Waals surface area contributed by atoms with E-state index in [1.165, 1.54) is 5.56 Å². The number of likely N-dealkylation sites (tertiary alicyclic amines) is 1. The summed E-state index contributed by atoms with van der Waals surface area (Å²) in [6.07, 6.45) is 3.93. The summed E-state index contributed by atoms with van der Waals surface area (Å²) in [5.74, 6) is 0.192. The molecular weight excluding hydrogens is 250 g/mol. The van der Waals surface area contributed by atoms with Crippen molar-refractivity contribution in [3.05, 3.63) is 35.4 Å². The lowest BCUT2D eigenvalue weighted by Crippen LogP contribution is -2.38. The monoisotopic (exact) mass is 275 g/mol. The van der Waals surface area contributed by atoms with Crippen LogP contribution in [0.5, 0.6) is 0 Å². The van der Waals surface area contributed by atoms with Gasteiger partial charge in [-0.15, -0.1) is 0 Å². The molecule has 1 N–H and O–H groups in total. The molecule has 0 aromatic heterocycles. The molecule has 1 aliphatic rings. The van der Waals surface area contributed by atoms with E-state index in [2.05, 4.69) is 31.2 Å². The first-order valence-electron chi connectivity index (χ1n) is 7.65. The van der Waals surface area contributed by atoms with Gasteiger partial charge in [0.1, 0.15) is 0 Å². The molecule has 2 atom stereocenters. The Labute approximate surface area is 121 Å². The van der Waals surface area contributed by atoms with Gasteiger partial charge in [0, 0.05) is 12.6 Å². The van der Waals surface area contributed by atoms with Crippen LogP contribution in [0.3, 0.4) is 0 Å². The summed E-state index contributed by atoms with van der Waals surface area (Å²) in [6, 6.07) is 8.52. The van der Waals surface area contributed by atoms with E-state index in [-0.39, 0.29) is 18.1 Å². The van der Waals surface area contributed by atoms with Crippen molar-refractivity contribution in [3.63, 3.8) is 0 Å². The number of carbonyl (C=O) groups is 1. The largest absolute Gasteiger partial charge is 0.393 e. The van der Waals surface area contributed by atoms with Crippen molar-refractivity contribution in [2.24, 2.45) is 0 Å². The Kier molecular flexibility index (Phi) is 5.18. The molecule has 0 saturated carbocycles. The molecule has 1 amide bonds. The number of benzene rings is 1. The molecule has 20 heavy (non-hydrogen) atoms. The zero-order valence-corrected chi connectivity index (χ0v) is 12.5. The van der Waals surface area contributed by atoms with E-state index >= 15 is 0 Å². The zero-order chi connectivity index (χ0) is 14.5. The fourth-order valence-corrected chi connectivity index (χ4v) is 2.97. The molecule has 2 rings (SSSR count). The van der Waals surface area contributed by atoms with Crippen LogP contribution in [0, 0.1) is 0 Å². The Hall–Kier alpha value is -1.35. The van der Waals surface area contributed by atoms with Crippen LogP contribution in [0.2, 0.25) is 0 Å². The minimum absolute atomic E-state index is 0.192. The third-order valence-corrected chi connectivity index (χ3v) is 4.10. The summed E-state index contributed by atoms with van der Waals surface area (Å²) >= 11 is 0. The molecule has 0 radical (unpaired) electrons. The highest BCUT2D eigenvalue weighted by atomic mass is 16.3. The highest BCUT2D eigenvalue weighted by Crippen LogP contribution is 2.22.